The van der Waals surface area contributed by atoms with Gasteiger partial charge in [-0.25, -0.2) is 4.68 Å². The molecule has 4 aromatic carbocycles. The van der Waals surface area contributed by atoms with E-state index < -0.39 is 0 Å². The van der Waals surface area contributed by atoms with Crippen LogP contribution in [0.2, 0.25) is 0 Å². The third-order valence-electron chi connectivity index (χ3n) is 5.76. The lowest BCUT2D eigenvalue weighted by molar-refractivity contribution is 0.306. The molecule has 5 aromatic rings. The summed E-state index contributed by atoms with van der Waals surface area (Å²) in [6.07, 6.45) is 2.08. The number of methoxy groups -OCH3 is 1. The minimum absolute atomic E-state index is 0.542. The molecule has 5 heteroatoms. The van der Waals surface area contributed by atoms with Crippen molar-refractivity contribution in [2.45, 2.75) is 13.2 Å². The molecule has 1 N–H and O–H groups in total. The van der Waals surface area contributed by atoms with Crippen LogP contribution in [0, 0.1) is 0 Å². The highest BCUT2D eigenvalue weighted by Crippen LogP contribution is 2.27. The van der Waals surface area contributed by atoms with E-state index in [2.05, 4.69) is 47.9 Å². The lowest BCUT2D eigenvalue weighted by Crippen LogP contribution is -2.00. The zero-order valence-electron chi connectivity index (χ0n) is 19.6. The quantitative estimate of drug-likeness (QED) is 0.264. The van der Waals surface area contributed by atoms with Crippen molar-refractivity contribution >= 4 is 5.69 Å². The molecule has 0 aliphatic heterocycles. The Bertz CT molecular complexity index is 1350. The number of para-hydroxylation sites is 1. The summed E-state index contributed by atoms with van der Waals surface area (Å²) in [6.45, 7) is 1.18. The van der Waals surface area contributed by atoms with Crippen molar-refractivity contribution in [1.82, 2.24) is 9.78 Å². The maximum Gasteiger partial charge on any atom is 0.119 e. The van der Waals surface area contributed by atoms with Gasteiger partial charge in [-0.2, -0.15) is 5.10 Å². The van der Waals surface area contributed by atoms with Crippen LogP contribution >= 0.6 is 0 Å². The molecule has 0 aliphatic rings. The fraction of sp³-hybridized carbons (Fsp3) is 0.100. The molecule has 5 nitrogen and oxygen atoms in total. The van der Waals surface area contributed by atoms with E-state index in [4.69, 9.17) is 14.6 Å². The molecule has 0 fully saturated rings. The average Bonchev–Trinajstić information content (AvgIpc) is 3.37. The molecule has 0 unspecified atom stereocenters. The third kappa shape index (κ3) is 5.53. The Balaban J connectivity index is 1.37. The number of rotatable bonds is 9. The Kier molecular flexibility index (Phi) is 6.76. The van der Waals surface area contributed by atoms with Gasteiger partial charge in [-0.1, -0.05) is 48.5 Å². The summed E-state index contributed by atoms with van der Waals surface area (Å²) in [5.41, 5.74) is 6.26. The largest absolute Gasteiger partial charge is 0.497 e. The van der Waals surface area contributed by atoms with Crippen molar-refractivity contribution in [3.8, 4) is 28.4 Å². The second kappa shape index (κ2) is 10.6. The topological polar surface area (TPSA) is 48.3 Å². The van der Waals surface area contributed by atoms with Crippen LogP contribution < -0.4 is 14.8 Å². The molecule has 0 amide bonds. The van der Waals surface area contributed by atoms with Crippen molar-refractivity contribution in [1.29, 1.82) is 0 Å². The SMILES string of the molecule is COc1ccc(NCc2cn(-c3ccccc3)nc2-c2ccc(OCc3ccccc3)cc2)cc1. The number of nitrogens with zero attached hydrogens (tertiary/aromatic N) is 2. The second-order valence-electron chi connectivity index (χ2n) is 8.16. The van der Waals surface area contributed by atoms with E-state index in [0.29, 0.717) is 13.2 Å². The first-order valence-corrected chi connectivity index (χ1v) is 11.6. The molecule has 0 saturated heterocycles. The molecule has 0 saturated carbocycles. The summed E-state index contributed by atoms with van der Waals surface area (Å²) >= 11 is 0. The van der Waals surface area contributed by atoms with Gasteiger partial charge in [0.05, 0.1) is 18.5 Å². The molecule has 5 rings (SSSR count). The third-order valence-corrected chi connectivity index (χ3v) is 5.76. The standard InChI is InChI=1S/C30H27N3O2/c1-34-28-18-14-26(15-19-28)31-20-25-21-33(27-10-6-3-7-11-27)32-30(25)24-12-16-29(17-13-24)35-22-23-8-4-2-5-9-23/h2-19,21,31H,20,22H2,1H3. The zero-order chi connectivity index (χ0) is 23.9. The summed E-state index contributed by atoms with van der Waals surface area (Å²) in [4.78, 5) is 0. The smallest absolute Gasteiger partial charge is 0.119 e. The van der Waals surface area contributed by atoms with E-state index in [-0.39, 0.29) is 0 Å². The first-order chi connectivity index (χ1) is 17.3. The van der Waals surface area contributed by atoms with Crippen molar-refractivity contribution < 1.29 is 9.47 Å². The highest BCUT2D eigenvalue weighted by molar-refractivity contribution is 5.65. The van der Waals surface area contributed by atoms with E-state index in [1.54, 1.807) is 7.11 Å². The first-order valence-electron chi connectivity index (χ1n) is 11.6. The number of hydrogen-bond donors (Lipinski definition) is 1. The number of aromatic nitrogens is 2. The molecule has 0 atom stereocenters. The van der Waals surface area contributed by atoms with Crippen LogP contribution in [0.4, 0.5) is 5.69 Å². The Labute approximate surface area is 205 Å². The van der Waals surface area contributed by atoms with Crippen LogP contribution in [0.25, 0.3) is 16.9 Å². The van der Waals surface area contributed by atoms with Crippen LogP contribution in [-0.2, 0) is 13.2 Å². The van der Waals surface area contributed by atoms with Gasteiger partial charge in [0, 0.05) is 29.6 Å². The zero-order valence-corrected chi connectivity index (χ0v) is 19.6. The minimum Gasteiger partial charge on any atom is -0.497 e. The summed E-state index contributed by atoms with van der Waals surface area (Å²) < 4.78 is 13.2. The lowest BCUT2D eigenvalue weighted by Gasteiger charge is -2.09. The molecule has 1 aromatic heterocycles. The van der Waals surface area contributed by atoms with Crippen molar-refractivity contribution in [2.75, 3.05) is 12.4 Å². The molecule has 174 valence electrons. The highest BCUT2D eigenvalue weighted by Gasteiger charge is 2.13. The summed E-state index contributed by atoms with van der Waals surface area (Å²) in [6, 6.07) is 36.4. The summed E-state index contributed by atoms with van der Waals surface area (Å²) in [5.74, 6) is 1.67. The molecule has 0 aliphatic carbocycles. The van der Waals surface area contributed by atoms with E-state index in [1.165, 1.54) is 0 Å². The van der Waals surface area contributed by atoms with Gasteiger partial charge in [0.15, 0.2) is 0 Å². The van der Waals surface area contributed by atoms with Gasteiger partial charge in [0.1, 0.15) is 18.1 Å². The van der Waals surface area contributed by atoms with Crippen LogP contribution in [0.5, 0.6) is 11.5 Å². The fourth-order valence-corrected chi connectivity index (χ4v) is 3.85. The van der Waals surface area contributed by atoms with Crippen LogP contribution in [-0.4, -0.2) is 16.9 Å². The molecule has 0 bridgehead atoms. The Morgan fingerprint density at radius 3 is 2.09 bits per heavy atom. The van der Waals surface area contributed by atoms with E-state index >= 15 is 0 Å². The predicted molar refractivity (Wildman–Crippen MR) is 140 cm³/mol. The van der Waals surface area contributed by atoms with Gasteiger partial charge in [0.25, 0.3) is 0 Å². The van der Waals surface area contributed by atoms with Crippen molar-refractivity contribution in [3.63, 3.8) is 0 Å². The lowest BCUT2D eigenvalue weighted by atomic mass is 10.1. The molecule has 0 spiro atoms. The van der Waals surface area contributed by atoms with E-state index in [1.807, 2.05) is 77.5 Å². The Morgan fingerprint density at radius 2 is 1.40 bits per heavy atom. The van der Waals surface area contributed by atoms with Crippen molar-refractivity contribution in [3.05, 3.63) is 127 Å². The highest BCUT2D eigenvalue weighted by atomic mass is 16.5. The van der Waals surface area contributed by atoms with Gasteiger partial charge < -0.3 is 14.8 Å². The molecule has 35 heavy (non-hydrogen) atoms. The molecule has 1 heterocycles. The van der Waals surface area contributed by atoms with E-state index in [9.17, 15) is 0 Å². The van der Waals surface area contributed by atoms with Crippen LogP contribution in [0.1, 0.15) is 11.1 Å². The minimum atomic E-state index is 0.542. The molecular formula is C30H27N3O2. The maximum absolute atomic E-state index is 5.96. The first kappa shape index (κ1) is 22.3. The van der Waals surface area contributed by atoms with Gasteiger partial charge in [0.2, 0.25) is 0 Å². The van der Waals surface area contributed by atoms with Gasteiger partial charge in [-0.15, -0.1) is 0 Å². The summed E-state index contributed by atoms with van der Waals surface area (Å²) in [7, 11) is 1.67. The number of anilines is 1. The van der Waals surface area contributed by atoms with Gasteiger partial charge >= 0.3 is 0 Å². The normalized spacial score (nSPS) is 10.7. The Morgan fingerprint density at radius 1 is 0.743 bits per heavy atom. The fourth-order valence-electron chi connectivity index (χ4n) is 3.85. The predicted octanol–water partition coefficient (Wildman–Crippen LogP) is 6.74. The summed E-state index contributed by atoms with van der Waals surface area (Å²) in [5, 5.41) is 8.43. The number of benzene rings is 4. The monoisotopic (exact) mass is 461 g/mol. The van der Waals surface area contributed by atoms with Gasteiger partial charge in [-0.05, 0) is 66.2 Å². The van der Waals surface area contributed by atoms with E-state index in [0.717, 1.165) is 45.3 Å². The number of hydrogen-bond acceptors (Lipinski definition) is 4. The second-order valence-corrected chi connectivity index (χ2v) is 8.16. The molecular weight excluding hydrogens is 434 g/mol. The van der Waals surface area contributed by atoms with Crippen LogP contribution in [0.3, 0.4) is 0 Å². The molecule has 0 radical (unpaired) electrons. The van der Waals surface area contributed by atoms with Gasteiger partial charge in [-0.3, -0.25) is 0 Å². The Hall–Kier alpha value is -4.51. The number of ether oxygens (including phenoxy) is 2. The maximum atomic E-state index is 5.96. The van der Waals surface area contributed by atoms with Crippen molar-refractivity contribution in [2.24, 2.45) is 0 Å². The van der Waals surface area contributed by atoms with Crippen LogP contribution in [0.15, 0.2) is 115 Å². The average molecular weight is 462 g/mol. The number of nitrogens with one attached hydrogen (secondary N) is 1.